The molecule has 0 radical (unpaired) electrons. The molecule has 0 saturated carbocycles. The summed E-state index contributed by atoms with van der Waals surface area (Å²) in [5.41, 5.74) is 3.93. The first kappa shape index (κ1) is 15.2. The molecule has 2 rings (SSSR count). The monoisotopic (exact) mass is 287 g/mol. The van der Waals surface area contributed by atoms with Gasteiger partial charge in [0.15, 0.2) is 0 Å². The average Bonchev–Trinajstić information content (AvgIpc) is 2.77. The molecule has 1 heterocycles. The van der Waals surface area contributed by atoms with Crippen molar-refractivity contribution in [2.45, 2.75) is 46.0 Å². The molecule has 0 spiro atoms. The van der Waals surface area contributed by atoms with Crippen LogP contribution < -0.4 is 0 Å². The van der Waals surface area contributed by atoms with E-state index in [1.165, 1.54) is 5.56 Å². The molecule has 0 fully saturated rings. The Bertz CT molecular complexity index is 637. The van der Waals surface area contributed by atoms with Gasteiger partial charge in [-0.15, -0.1) is 5.10 Å². The van der Waals surface area contributed by atoms with Crippen molar-refractivity contribution in [1.29, 1.82) is 0 Å². The van der Waals surface area contributed by atoms with E-state index >= 15 is 0 Å². The van der Waals surface area contributed by atoms with Crippen LogP contribution in [0.15, 0.2) is 24.3 Å². The summed E-state index contributed by atoms with van der Waals surface area (Å²) in [5, 5.41) is 17.0. The van der Waals surface area contributed by atoms with Crippen LogP contribution in [0.2, 0.25) is 0 Å². The van der Waals surface area contributed by atoms with Gasteiger partial charge in [-0.1, -0.05) is 38.1 Å². The van der Waals surface area contributed by atoms with Gasteiger partial charge in [-0.2, -0.15) is 0 Å². The van der Waals surface area contributed by atoms with Crippen molar-refractivity contribution in [2.75, 3.05) is 0 Å². The Morgan fingerprint density at radius 1 is 1.24 bits per heavy atom. The van der Waals surface area contributed by atoms with Crippen molar-refractivity contribution in [3.63, 3.8) is 0 Å². The summed E-state index contributed by atoms with van der Waals surface area (Å²) < 4.78 is 1.75. The first-order valence-corrected chi connectivity index (χ1v) is 7.03. The van der Waals surface area contributed by atoms with Crippen LogP contribution in [0.25, 0.3) is 5.69 Å². The number of carboxylic acid groups (broad SMARTS) is 1. The van der Waals surface area contributed by atoms with E-state index < -0.39 is 5.97 Å². The van der Waals surface area contributed by atoms with Gasteiger partial charge in [0.25, 0.3) is 0 Å². The Morgan fingerprint density at radius 3 is 2.38 bits per heavy atom. The van der Waals surface area contributed by atoms with Crippen molar-refractivity contribution in [2.24, 2.45) is 0 Å². The van der Waals surface area contributed by atoms with Crippen LogP contribution in [0.3, 0.4) is 0 Å². The zero-order valence-corrected chi connectivity index (χ0v) is 12.9. The lowest BCUT2D eigenvalue weighted by Crippen LogP contribution is -2.11. The van der Waals surface area contributed by atoms with E-state index in [0.29, 0.717) is 6.42 Å². The van der Waals surface area contributed by atoms with Crippen LogP contribution in [0.1, 0.15) is 44.1 Å². The number of hydrogen-bond acceptors (Lipinski definition) is 3. The van der Waals surface area contributed by atoms with Gasteiger partial charge in [-0.3, -0.25) is 4.79 Å². The summed E-state index contributed by atoms with van der Waals surface area (Å²) in [6.07, 6.45) is 0.476. The first-order chi connectivity index (χ1) is 9.79. The molecule has 0 bridgehead atoms. The predicted molar refractivity (Wildman–Crippen MR) is 80.8 cm³/mol. The molecule has 1 N–H and O–H groups in total. The molecule has 0 unspecified atom stereocenters. The van der Waals surface area contributed by atoms with Crippen molar-refractivity contribution in [1.82, 2.24) is 15.0 Å². The number of carboxylic acids is 1. The number of rotatable bonds is 4. The SMILES string of the molecule is Cc1c(CCC(=O)O)nnn1-c1ccc(C(C)(C)C)cc1. The van der Waals surface area contributed by atoms with Crippen LogP contribution >= 0.6 is 0 Å². The van der Waals surface area contributed by atoms with E-state index in [2.05, 4.69) is 43.2 Å². The van der Waals surface area contributed by atoms with E-state index in [9.17, 15) is 4.79 Å². The van der Waals surface area contributed by atoms with Gasteiger partial charge in [-0.25, -0.2) is 4.68 Å². The molecule has 0 atom stereocenters. The average molecular weight is 287 g/mol. The molecular formula is C16H21N3O2. The maximum atomic E-state index is 10.6. The summed E-state index contributed by atoms with van der Waals surface area (Å²) in [7, 11) is 0. The Morgan fingerprint density at radius 2 is 1.86 bits per heavy atom. The molecule has 0 aliphatic carbocycles. The third kappa shape index (κ3) is 3.48. The van der Waals surface area contributed by atoms with Gasteiger partial charge in [0.05, 0.1) is 23.5 Å². The van der Waals surface area contributed by atoms with Crippen molar-refractivity contribution in [3.05, 3.63) is 41.2 Å². The van der Waals surface area contributed by atoms with Crippen molar-refractivity contribution in [3.8, 4) is 5.69 Å². The fourth-order valence-electron chi connectivity index (χ4n) is 2.16. The largest absolute Gasteiger partial charge is 0.481 e. The quantitative estimate of drug-likeness (QED) is 0.938. The normalized spacial score (nSPS) is 11.6. The van der Waals surface area contributed by atoms with E-state index in [-0.39, 0.29) is 11.8 Å². The van der Waals surface area contributed by atoms with Crippen LogP contribution in [0.5, 0.6) is 0 Å². The summed E-state index contributed by atoms with van der Waals surface area (Å²) in [6, 6.07) is 8.22. The van der Waals surface area contributed by atoms with E-state index in [1.54, 1.807) is 4.68 Å². The molecule has 5 nitrogen and oxygen atoms in total. The number of aryl methyl sites for hydroxylation is 1. The van der Waals surface area contributed by atoms with Gasteiger partial charge < -0.3 is 5.11 Å². The predicted octanol–water partition coefficient (Wildman–Crippen LogP) is 2.89. The lowest BCUT2D eigenvalue weighted by Gasteiger charge is -2.19. The van der Waals surface area contributed by atoms with Crippen LogP contribution in [0.4, 0.5) is 0 Å². The summed E-state index contributed by atoms with van der Waals surface area (Å²) >= 11 is 0. The minimum absolute atomic E-state index is 0.0719. The van der Waals surface area contributed by atoms with Gasteiger partial charge in [0.1, 0.15) is 0 Å². The smallest absolute Gasteiger partial charge is 0.303 e. The molecule has 0 aliphatic rings. The van der Waals surface area contributed by atoms with E-state index in [0.717, 1.165) is 17.1 Å². The lowest BCUT2D eigenvalue weighted by molar-refractivity contribution is -0.136. The minimum atomic E-state index is -0.821. The van der Waals surface area contributed by atoms with Crippen molar-refractivity contribution < 1.29 is 9.90 Å². The number of benzene rings is 1. The first-order valence-electron chi connectivity index (χ1n) is 7.03. The molecule has 1 aromatic carbocycles. The Balaban J connectivity index is 2.24. The highest BCUT2D eigenvalue weighted by Crippen LogP contribution is 2.23. The molecule has 1 aromatic heterocycles. The Kier molecular flexibility index (Phi) is 4.11. The number of aliphatic carboxylic acids is 1. The zero-order valence-electron chi connectivity index (χ0n) is 12.9. The maximum Gasteiger partial charge on any atom is 0.303 e. The summed E-state index contributed by atoms with van der Waals surface area (Å²) in [4.78, 5) is 10.6. The van der Waals surface area contributed by atoms with E-state index in [1.807, 2.05) is 19.1 Å². The highest BCUT2D eigenvalue weighted by atomic mass is 16.4. The third-order valence-corrected chi connectivity index (χ3v) is 3.54. The Labute approximate surface area is 124 Å². The topological polar surface area (TPSA) is 68.0 Å². The highest BCUT2D eigenvalue weighted by Gasteiger charge is 2.15. The zero-order chi connectivity index (χ0) is 15.6. The second kappa shape index (κ2) is 5.68. The lowest BCUT2D eigenvalue weighted by atomic mass is 9.87. The standard InChI is InChI=1S/C16H21N3O2/c1-11-14(9-10-15(20)21)17-18-19(11)13-7-5-12(6-8-13)16(2,3)4/h5-8H,9-10H2,1-4H3,(H,20,21). The van der Waals surface area contributed by atoms with Crippen LogP contribution in [-0.4, -0.2) is 26.1 Å². The van der Waals surface area contributed by atoms with E-state index in [4.69, 9.17) is 5.11 Å². The number of hydrogen-bond donors (Lipinski definition) is 1. The molecule has 5 heteroatoms. The van der Waals surface area contributed by atoms with Crippen LogP contribution in [-0.2, 0) is 16.6 Å². The van der Waals surface area contributed by atoms with Crippen LogP contribution in [0, 0.1) is 6.92 Å². The summed E-state index contributed by atoms with van der Waals surface area (Å²) in [5.74, 6) is -0.821. The highest BCUT2D eigenvalue weighted by molar-refractivity contribution is 5.67. The molecule has 0 amide bonds. The van der Waals surface area contributed by atoms with Gasteiger partial charge >= 0.3 is 5.97 Å². The molecule has 2 aromatic rings. The Hall–Kier alpha value is -2.17. The molecule has 21 heavy (non-hydrogen) atoms. The van der Waals surface area contributed by atoms with Crippen molar-refractivity contribution >= 4 is 5.97 Å². The molecule has 112 valence electrons. The minimum Gasteiger partial charge on any atom is -0.481 e. The number of carbonyl (C=O) groups is 1. The second-order valence-electron chi connectivity index (χ2n) is 6.22. The number of nitrogens with zero attached hydrogens (tertiary/aromatic N) is 3. The molecule has 0 saturated heterocycles. The molecular weight excluding hydrogens is 266 g/mol. The molecule has 0 aliphatic heterocycles. The van der Waals surface area contributed by atoms with Gasteiger partial charge in [0.2, 0.25) is 0 Å². The fraction of sp³-hybridized carbons (Fsp3) is 0.438. The second-order valence-corrected chi connectivity index (χ2v) is 6.22. The maximum absolute atomic E-state index is 10.6. The van der Waals surface area contributed by atoms with Gasteiger partial charge in [-0.05, 0) is 30.0 Å². The van der Waals surface area contributed by atoms with Gasteiger partial charge in [0, 0.05) is 6.42 Å². The number of aromatic nitrogens is 3. The summed E-state index contributed by atoms with van der Waals surface area (Å²) in [6.45, 7) is 8.43. The fourth-order valence-corrected chi connectivity index (χ4v) is 2.16. The third-order valence-electron chi connectivity index (χ3n) is 3.54.